The van der Waals surface area contributed by atoms with Gasteiger partial charge in [-0.2, -0.15) is 0 Å². The quantitative estimate of drug-likeness (QED) is 0.550. The van der Waals surface area contributed by atoms with Gasteiger partial charge in [-0.1, -0.05) is 47.5 Å². The van der Waals surface area contributed by atoms with Gasteiger partial charge in [0.25, 0.3) is 5.91 Å². The van der Waals surface area contributed by atoms with E-state index in [0.717, 1.165) is 18.7 Å². The number of rotatable bonds is 10. The van der Waals surface area contributed by atoms with Crippen molar-refractivity contribution in [3.63, 3.8) is 0 Å². The molecule has 0 saturated carbocycles. The van der Waals surface area contributed by atoms with Gasteiger partial charge in [-0.05, 0) is 29.8 Å². The van der Waals surface area contributed by atoms with Crippen LogP contribution in [0.4, 0.5) is 0 Å². The van der Waals surface area contributed by atoms with Crippen LogP contribution in [0.5, 0.6) is 0 Å². The molecule has 2 amide bonds. The SMILES string of the molecule is COCCN(CC(=O)NCC1CN(Cc2ccc(Cl)c(Cl)c2)CCO1)C(=O)c1ccccc1. The van der Waals surface area contributed by atoms with Gasteiger partial charge in [0.05, 0.1) is 35.9 Å². The lowest BCUT2D eigenvalue weighted by Crippen LogP contribution is -2.49. The topological polar surface area (TPSA) is 71.1 Å². The lowest BCUT2D eigenvalue weighted by atomic mass is 10.2. The molecule has 1 atom stereocenters. The number of halogens is 2. The van der Waals surface area contributed by atoms with Crippen LogP contribution in [0.1, 0.15) is 15.9 Å². The molecule has 178 valence electrons. The van der Waals surface area contributed by atoms with Gasteiger partial charge in [0.15, 0.2) is 0 Å². The third kappa shape index (κ3) is 7.98. The Balaban J connectivity index is 1.49. The Hall–Kier alpha value is -2.16. The van der Waals surface area contributed by atoms with Crippen LogP contribution in [0.15, 0.2) is 48.5 Å². The normalized spacial score (nSPS) is 16.4. The summed E-state index contributed by atoms with van der Waals surface area (Å²) >= 11 is 12.1. The number of amides is 2. The number of hydrogen-bond acceptors (Lipinski definition) is 5. The summed E-state index contributed by atoms with van der Waals surface area (Å²) in [6.07, 6.45) is -0.136. The Kier molecular flexibility index (Phi) is 9.96. The van der Waals surface area contributed by atoms with Crippen LogP contribution in [0, 0.1) is 0 Å². The third-order valence-corrected chi connectivity index (χ3v) is 6.09. The Morgan fingerprint density at radius 2 is 1.97 bits per heavy atom. The number of methoxy groups -OCH3 is 1. The number of nitrogens with one attached hydrogen (secondary N) is 1. The zero-order valence-corrected chi connectivity index (χ0v) is 20.1. The molecule has 0 aliphatic carbocycles. The van der Waals surface area contributed by atoms with Crippen LogP contribution in [0.25, 0.3) is 0 Å². The fraction of sp³-hybridized carbons (Fsp3) is 0.417. The van der Waals surface area contributed by atoms with Gasteiger partial charge >= 0.3 is 0 Å². The zero-order chi connectivity index (χ0) is 23.6. The van der Waals surface area contributed by atoms with Crippen molar-refractivity contribution in [1.29, 1.82) is 0 Å². The Morgan fingerprint density at radius 3 is 2.70 bits per heavy atom. The number of benzene rings is 2. The Morgan fingerprint density at radius 1 is 1.18 bits per heavy atom. The van der Waals surface area contributed by atoms with Gasteiger partial charge in [-0.3, -0.25) is 14.5 Å². The second-order valence-electron chi connectivity index (χ2n) is 7.87. The number of carbonyl (C=O) groups excluding carboxylic acids is 2. The lowest BCUT2D eigenvalue weighted by molar-refractivity contribution is -0.123. The van der Waals surface area contributed by atoms with Crippen molar-refractivity contribution in [1.82, 2.24) is 15.1 Å². The lowest BCUT2D eigenvalue weighted by Gasteiger charge is -2.33. The molecular formula is C24H29Cl2N3O4. The van der Waals surface area contributed by atoms with E-state index < -0.39 is 0 Å². The van der Waals surface area contributed by atoms with Gasteiger partial charge in [0, 0.05) is 45.4 Å². The maximum absolute atomic E-state index is 12.8. The number of morpholine rings is 1. The molecule has 0 radical (unpaired) electrons. The average molecular weight is 494 g/mol. The minimum absolute atomic E-state index is 0.0448. The van der Waals surface area contributed by atoms with Crippen molar-refractivity contribution in [2.45, 2.75) is 12.6 Å². The Bertz CT molecular complexity index is 929. The highest BCUT2D eigenvalue weighted by molar-refractivity contribution is 6.42. The first kappa shape index (κ1) is 25.5. The molecule has 1 saturated heterocycles. The maximum Gasteiger partial charge on any atom is 0.254 e. The largest absolute Gasteiger partial charge is 0.383 e. The number of hydrogen-bond donors (Lipinski definition) is 1. The molecule has 33 heavy (non-hydrogen) atoms. The fourth-order valence-electron chi connectivity index (χ4n) is 3.62. The molecule has 0 spiro atoms. The molecule has 0 aromatic heterocycles. The molecule has 1 heterocycles. The monoisotopic (exact) mass is 493 g/mol. The van der Waals surface area contributed by atoms with E-state index in [0.29, 0.717) is 48.5 Å². The summed E-state index contributed by atoms with van der Waals surface area (Å²) in [5.41, 5.74) is 1.61. The molecule has 3 rings (SSSR count). The van der Waals surface area contributed by atoms with Crippen LogP contribution in [0.3, 0.4) is 0 Å². The Labute approximate surface area is 204 Å². The summed E-state index contributed by atoms with van der Waals surface area (Å²) in [5, 5.41) is 3.97. The van der Waals surface area contributed by atoms with E-state index in [1.807, 2.05) is 18.2 Å². The first-order valence-corrected chi connectivity index (χ1v) is 11.6. The summed E-state index contributed by atoms with van der Waals surface area (Å²) in [7, 11) is 1.56. The van der Waals surface area contributed by atoms with Crippen LogP contribution in [0.2, 0.25) is 10.0 Å². The number of nitrogens with zero attached hydrogens (tertiary/aromatic N) is 2. The van der Waals surface area contributed by atoms with E-state index in [4.69, 9.17) is 32.7 Å². The van der Waals surface area contributed by atoms with Gasteiger partial charge in [0.1, 0.15) is 0 Å². The summed E-state index contributed by atoms with van der Waals surface area (Å²) in [5.74, 6) is -0.440. The zero-order valence-electron chi connectivity index (χ0n) is 18.6. The van der Waals surface area contributed by atoms with E-state index in [2.05, 4.69) is 10.2 Å². The molecule has 1 fully saturated rings. The van der Waals surface area contributed by atoms with Gasteiger partial charge in [0.2, 0.25) is 5.91 Å². The van der Waals surface area contributed by atoms with E-state index >= 15 is 0 Å². The molecule has 9 heteroatoms. The van der Waals surface area contributed by atoms with E-state index in [1.165, 1.54) is 4.90 Å². The summed E-state index contributed by atoms with van der Waals surface area (Å²) < 4.78 is 10.9. The van der Waals surface area contributed by atoms with Crippen molar-refractivity contribution >= 4 is 35.0 Å². The highest BCUT2D eigenvalue weighted by atomic mass is 35.5. The maximum atomic E-state index is 12.8. The van der Waals surface area contributed by atoms with Gasteiger partial charge < -0.3 is 19.7 Å². The molecule has 1 unspecified atom stereocenters. The summed E-state index contributed by atoms with van der Waals surface area (Å²) in [6.45, 7) is 3.77. The van der Waals surface area contributed by atoms with Crippen molar-refractivity contribution in [3.05, 3.63) is 69.7 Å². The highest BCUT2D eigenvalue weighted by Gasteiger charge is 2.23. The number of carbonyl (C=O) groups is 2. The van der Waals surface area contributed by atoms with Crippen molar-refractivity contribution in [2.75, 3.05) is 53.0 Å². The second-order valence-corrected chi connectivity index (χ2v) is 8.68. The van der Waals surface area contributed by atoms with Crippen molar-refractivity contribution < 1.29 is 19.1 Å². The molecule has 2 aromatic carbocycles. The van der Waals surface area contributed by atoms with E-state index in [1.54, 1.807) is 37.4 Å². The first-order chi connectivity index (χ1) is 16.0. The molecule has 1 aliphatic rings. The van der Waals surface area contributed by atoms with Gasteiger partial charge in [-0.25, -0.2) is 0 Å². The molecular weight excluding hydrogens is 465 g/mol. The fourth-order valence-corrected chi connectivity index (χ4v) is 3.94. The predicted octanol–water partition coefficient (Wildman–Crippen LogP) is 3.10. The van der Waals surface area contributed by atoms with E-state index in [-0.39, 0.29) is 24.5 Å². The van der Waals surface area contributed by atoms with Crippen molar-refractivity contribution in [3.8, 4) is 0 Å². The first-order valence-electron chi connectivity index (χ1n) is 10.8. The molecule has 1 aliphatic heterocycles. The molecule has 0 bridgehead atoms. The van der Waals surface area contributed by atoms with Crippen molar-refractivity contribution in [2.24, 2.45) is 0 Å². The summed E-state index contributed by atoms with van der Waals surface area (Å²) in [6, 6.07) is 14.5. The standard InChI is InChI=1S/C24H29Cl2N3O4/c1-32-11-10-29(24(31)19-5-3-2-4-6-19)17-23(30)27-14-20-16-28(9-12-33-20)15-18-7-8-21(25)22(26)13-18/h2-8,13,20H,9-12,14-17H2,1H3,(H,27,30). The van der Waals surface area contributed by atoms with Gasteiger partial charge in [-0.15, -0.1) is 0 Å². The second kappa shape index (κ2) is 12.9. The van der Waals surface area contributed by atoms with E-state index in [9.17, 15) is 9.59 Å². The molecule has 2 aromatic rings. The van der Waals surface area contributed by atoms with Crippen LogP contribution < -0.4 is 5.32 Å². The van der Waals surface area contributed by atoms with Crippen LogP contribution in [-0.4, -0.2) is 80.8 Å². The number of ether oxygens (including phenoxy) is 2. The predicted molar refractivity (Wildman–Crippen MR) is 129 cm³/mol. The average Bonchev–Trinajstić information content (AvgIpc) is 2.83. The minimum atomic E-state index is -0.236. The third-order valence-electron chi connectivity index (χ3n) is 5.35. The molecule has 1 N–H and O–H groups in total. The molecule has 7 nitrogen and oxygen atoms in total. The van der Waals surface area contributed by atoms with Crippen LogP contribution in [-0.2, 0) is 20.8 Å². The smallest absolute Gasteiger partial charge is 0.254 e. The minimum Gasteiger partial charge on any atom is -0.383 e. The highest BCUT2D eigenvalue weighted by Crippen LogP contribution is 2.23. The summed E-state index contributed by atoms with van der Waals surface area (Å²) in [4.78, 5) is 29.1. The van der Waals surface area contributed by atoms with Crippen LogP contribution >= 0.6 is 23.2 Å².